The van der Waals surface area contributed by atoms with Crippen molar-refractivity contribution in [3.05, 3.63) is 0 Å². The van der Waals surface area contributed by atoms with Gasteiger partial charge in [-0.05, 0) is 33.1 Å². The van der Waals surface area contributed by atoms with Crippen molar-refractivity contribution < 1.29 is 22.1 Å². The Labute approximate surface area is 110 Å². The minimum Gasteiger partial charge on any atom is -0.460 e. The van der Waals surface area contributed by atoms with Gasteiger partial charge < -0.3 is 4.74 Å². The molecule has 0 radical (unpaired) electrons. The summed E-state index contributed by atoms with van der Waals surface area (Å²) in [5, 5.41) is 0. The molecule has 0 fully saturated rings. The first-order chi connectivity index (χ1) is 8.03. The molecule has 0 aliphatic rings. The Morgan fingerprint density at radius 3 is 2.22 bits per heavy atom. The topological polar surface area (TPSA) is 69.7 Å². The maximum atomic E-state index is 11.6. The molecular formula is C12H24O5S. The van der Waals surface area contributed by atoms with E-state index >= 15 is 0 Å². The molecule has 0 saturated heterocycles. The summed E-state index contributed by atoms with van der Waals surface area (Å²) >= 11 is 0. The summed E-state index contributed by atoms with van der Waals surface area (Å²) in [5.41, 5.74) is -0.522. The van der Waals surface area contributed by atoms with Crippen LogP contribution in [0.4, 0.5) is 0 Å². The van der Waals surface area contributed by atoms with Gasteiger partial charge in [0.15, 0.2) is 0 Å². The fourth-order valence-corrected chi connectivity index (χ4v) is 1.93. The quantitative estimate of drug-likeness (QED) is 0.527. The van der Waals surface area contributed by atoms with Gasteiger partial charge in [0.2, 0.25) is 0 Å². The molecule has 0 rings (SSSR count). The molecule has 5 nitrogen and oxygen atoms in total. The van der Waals surface area contributed by atoms with Crippen molar-refractivity contribution in [1.29, 1.82) is 0 Å². The molecule has 1 atom stereocenters. The van der Waals surface area contributed by atoms with Crippen LogP contribution in [0.1, 0.15) is 47.0 Å². The van der Waals surface area contributed by atoms with Gasteiger partial charge in [0.05, 0.1) is 19.3 Å². The Morgan fingerprint density at radius 2 is 1.83 bits per heavy atom. The second-order valence-corrected chi connectivity index (χ2v) is 7.08. The summed E-state index contributed by atoms with van der Waals surface area (Å²) in [6.45, 7) is 7.40. The molecule has 0 aliphatic carbocycles. The lowest BCUT2D eigenvalue weighted by Crippen LogP contribution is -2.26. The van der Waals surface area contributed by atoms with E-state index in [2.05, 4.69) is 0 Å². The van der Waals surface area contributed by atoms with Crippen LogP contribution in [0.3, 0.4) is 0 Å². The van der Waals surface area contributed by atoms with E-state index in [1.165, 1.54) is 0 Å². The first kappa shape index (κ1) is 17.4. The maximum absolute atomic E-state index is 11.6. The van der Waals surface area contributed by atoms with Crippen molar-refractivity contribution in [2.75, 3.05) is 12.9 Å². The lowest BCUT2D eigenvalue weighted by Gasteiger charge is -2.21. The van der Waals surface area contributed by atoms with Gasteiger partial charge in [-0.3, -0.25) is 8.98 Å². The molecule has 0 aromatic heterocycles. The number of ether oxygens (including phenoxy) is 1. The molecular weight excluding hydrogens is 256 g/mol. The standard InChI is InChI=1S/C12H24O5S/c1-6-7-10(9-16-18(5,14)15)8-11(13)17-12(2,3)4/h10H,6-9H2,1-5H3/t10-/m1/s1. The highest BCUT2D eigenvalue weighted by Crippen LogP contribution is 2.16. The van der Waals surface area contributed by atoms with Gasteiger partial charge in [-0.15, -0.1) is 0 Å². The molecule has 0 bridgehead atoms. The largest absolute Gasteiger partial charge is 0.460 e. The van der Waals surface area contributed by atoms with Crippen LogP contribution in [0, 0.1) is 5.92 Å². The lowest BCUT2D eigenvalue weighted by atomic mass is 10.0. The molecule has 0 aromatic carbocycles. The molecule has 0 N–H and O–H groups in total. The molecule has 0 aromatic rings. The van der Waals surface area contributed by atoms with Gasteiger partial charge in [0.1, 0.15) is 5.60 Å². The molecule has 18 heavy (non-hydrogen) atoms. The van der Waals surface area contributed by atoms with Gasteiger partial charge in [0, 0.05) is 0 Å². The van der Waals surface area contributed by atoms with Crippen LogP contribution >= 0.6 is 0 Å². The summed E-state index contributed by atoms with van der Waals surface area (Å²) in [7, 11) is -3.46. The van der Waals surface area contributed by atoms with Crippen molar-refractivity contribution in [3.8, 4) is 0 Å². The van der Waals surface area contributed by atoms with Gasteiger partial charge in [-0.25, -0.2) is 0 Å². The number of carbonyl (C=O) groups excluding carboxylic acids is 1. The number of rotatable bonds is 7. The van der Waals surface area contributed by atoms with Crippen molar-refractivity contribution >= 4 is 16.1 Å². The highest BCUT2D eigenvalue weighted by atomic mass is 32.2. The second-order valence-electron chi connectivity index (χ2n) is 5.43. The van der Waals surface area contributed by atoms with E-state index in [1.54, 1.807) is 20.8 Å². The number of esters is 1. The second kappa shape index (κ2) is 7.09. The first-order valence-electron chi connectivity index (χ1n) is 6.09. The number of hydrogen-bond acceptors (Lipinski definition) is 5. The Morgan fingerprint density at radius 1 is 1.28 bits per heavy atom. The SMILES string of the molecule is CCC[C@@H](COS(C)(=O)=O)CC(=O)OC(C)(C)C. The molecule has 0 amide bonds. The Kier molecular flexibility index (Phi) is 6.84. The smallest absolute Gasteiger partial charge is 0.306 e. The van der Waals surface area contributed by atoms with Crippen molar-refractivity contribution in [2.45, 2.75) is 52.6 Å². The Hall–Kier alpha value is -0.620. The fourth-order valence-electron chi connectivity index (χ4n) is 1.49. The first-order valence-corrected chi connectivity index (χ1v) is 7.91. The van der Waals surface area contributed by atoms with E-state index < -0.39 is 15.7 Å². The molecule has 6 heteroatoms. The summed E-state index contributed by atoms with van der Waals surface area (Å²) in [6.07, 6.45) is 2.78. The van der Waals surface area contributed by atoms with Crippen molar-refractivity contribution in [1.82, 2.24) is 0 Å². The zero-order valence-electron chi connectivity index (χ0n) is 11.9. The minimum absolute atomic E-state index is 0.0336. The van der Waals surface area contributed by atoms with Crippen molar-refractivity contribution in [2.24, 2.45) is 5.92 Å². The minimum atomic E-state index is -3.46. The van der Waals surface area contributed by atoms with Gasteiger partial charge >= 0.3 is 5.97 Å². The summed E-state index contributed by atoms with van der Waals surface area (Å²) in [5.74, 6) is -0.447. The van der Waals surface area contributed by atoms with E-state index in [9.17, 15) is 13.2 Å². The Balaban J connectivity index is 4.31. The van der Waals surface area contributed by atoms with Crippen molar-refractivity contribution in [3.63, 3.8) is 0 Å². The van der Waals surface area contributed by atoms with Crippen LogP contribution in [-0.4, -0.2) is 32.9 Å². The summed E-state index contributed by atoms with van der Waals surface area (Å²) in [4.78, 5) is 11.6. The molecule has 108 valence electrons. The third-order valence-corrected chi connectivity index (χ3v) is 2.65. The third kappa shape index (κ3) is 10.5. The predicted octanol–water partition coefficient (Wildman–Crippen LogP) is 2.11. The van der Waals surface area contributed by atoms with E-state index in [1.807, 2.05) is 6.92 Å². The van der Waals surface area contributed by atoms with E-state index in [0.29, 0.717) is 0 Å². The highest BCUT2D eigenvalue weighted by Gasteiger charge is 2.21. The average Bonchev–Trinajstić information content (AvgIpc) is 2.10. The van der Waals surface area contributed by atoms with Crippen LogP contribution in [-0.2, 0) is 23.8 Å². The van der Waals surface area contributed by atoms with E-state index in [0.717, 1.165) is 19.1 Å². The van der Waals surface area contributed by atoms with Gasteiger partial charge in [0.25, 0.3) is 10.1 Å². The van der Waals surface area contributed by atoms with E-state index in [-0.39, 0.29) is 24.9 Å². The zero-order valence-corrected chi connectivity index (χ0v) is 12.7. The number of carbonyl (C=O) groups is 1. The molecule has 0 heterocycles. The van der Waals surface area contributed by atoms with E-state index in [4.69, 9.17) is 8.92 Å². The third-order valence-electron chi connectivity index (χ3n) is 2.09. The normalized spacial score (nSPS) is 14.3. The molecule has 0 spiro atoms. The van der Waals surface area contributed by atoms with Crippen LogP contribution in [0.2, 0.25) is 0 Å². The van der Waals surface area contributed by atoms with Gasteiger partial charge in [-0.2, -0.15) is 8.42 Å². The van der Waals surface area contributed by atoms with Crippen LogP contribution < -0.4 is 0 Å². The highest BCUT2D eigenvalue weighted by molar-refractivity contribution is 7.85. The Bertz CT molecular complexity index is 353. The predicted molar refractivity (Wildman–Crippen MR) is 69.7 cm³/mol. The zero-order chi connectivity index (χ0) is 14.4. The summed E-state index contributed by atoms with van der Waals surface area (Å²) < 4.78 is 31.8. The van der Waals surface area contributed by atoms with Crippen LogP contribution in [0.15, 0.2) is 0 Å². The molecule has 0 aliphatic heterocycles. The van der Waals surface area contributed by atoms with Gasteiger partial charge in [-0.1, -0.05) is 13.3 Å². The van der Waals surface area contributed by atoms with Crippen LogP contribution in [0.5, 0.6) is 0 Å². The monoisotopic (exact) mass is 280 g/mol. The fraction of sp³-hybridized carbons (Fsp3) is 0.917. The lowest BCUT2D eigenvalue weighted by molar-refractivity contribution is -0.156. The maximum Gasteiger partial charge on any atom is 0.306 e. The number of hydrogen-bond donors (Lipinski definition) is 0. The van der Waals surface area contributed by atoms with Crippen LogP contribution in [0.25, 0.3) is 0 Å². The molecule has 0 saturated carbocycles. The molecule has 0 unspecified atom stereocenters. The average molecular weight is 280 g/mol. The summed E-state index contributed by atoms with van der Waals surface area (Å²) in [6, 6.07) is 0.